The first kappa shape index (κ1) is 16.1. The second kappa shape index (κ2) is 6.38. The van der Waals surface area contributed by atoms with E-state index in [1.165, 1.54) is 6.07 Å². The summed E-state index contributed by atoms with van der Waals surface area (Å²) in [6.45, 7) is 4.45. The van der Waals surface area contributed by atoms with Crippen LogP contribution in [0.2, 0.25) is 0 Å². The highest BCUT2D eigenvalue weighted by Gasteiger charge is 2.30. The number of nitro groups is 1. The third-order valence-electron chi connectivity index (χ3n) is 4.33. The van der Waals surface area contributed by atoms with Gasteiger partial charge in [0, 0.05) is 30.3 Å². The number of carbonyl (C=O) groups excluding carboxylic acids is 1. The molecule has 0 radical (unpaired) electrons. The van der Waals surface area contributed by atoms with Gasteiger partial charge in [-0.1, -0.05) is 11.2 Å². The Kier molecular flexibility index (Phi) is 4.28. The Labute approximate surface area is 138 Å². The van der Waals surface area contributed by atoms with Gasteiger partial charge in [0.1, 0.15) is 0 Å². The lowest BCUT2D eigenvalue weighted by molar-refractivity contribution is -0.385. The van der Waals surface area contributed by atoms with Crippen LogP contribution in [-0.4, -0.2) is 39.0 Å². The SMILES string of the molecule is Cc1noc([C@H]2CCCN(C(=O)c3cccc([N+](=O)[O-])c3C)C2)n1. The highest BCUT2D eigenvalue weighted by Crippen LogP contribution is 2.28. The van der Waals surface area contributed by atoms with Gasteiger partial charge in [-0.25, -0.2) is 0 Å². The van der Waals surface area contributed by atoms with Crippen molar-refractivity contribution in [2.75, 3.05) is 13.1 Å². The van der Waals surface area contributed by atoms with Crippen LogP contribution in [0.5, 0.6) is 0 Å². The van der Waals surface area contributed by atoms with Crippen molar-refractivity contribution in [2.24, 2.45) is 0 Å². The number of hydrogen-bond acceptors (Lipinski definition) is 6. The van der Waals surface area contributed by atoms with Gasteiger partial charge in [-0.15, -0.1) is 0 Å². The van der Waals surface area contributed by atoms with Crippen LogP contribution in [0.3, 0.4) is 0 Å². The van der Waals surface area contributed by atoms with E-state index in [1.807, 2.05) is 0 Å². The number of amides is 1. The van der Waals surface area contributed by atoms with E-state index in [2.05, 4.69) is 10.1 Å². The van der Waals surface area contributed by atoms with Crippen molar-refractivity contribution in [1.29, 1.82) is 0 Å². The molecule has 1 fully saturated rings. The molecule has 1 saturated heterocycles. The maximum absolute atomic E-state index is 12.8. The summed E-state index contributed by atoms with van der Waals surface area (Å²) in [6, 6.07) is 4.58. The minimum atomic E-state index is -0.466. The molecule has 126 valence electrons. The summed E-state index contributed by atoms with van der Waals surface area (Å²) >= 11 is 0. The lowest BCUT2D eigenvalue weighted by Gasteiger charge is -2.31. The Morgan fingerprint density at radius 3 is 2.88 bits per heavy atom. The molecule has 8 heteroatoms. The topological polar surface area (TPSA) is 102 Å². The number of aryl methyl sites for hydroxylation is 1. The second-order valence-electron chi connectivity index (χ2n) is 5.98. The van der Waals surface area contributed by atoms with Crippen molar-refractivity contribution in [3.8, 4) is 0 Å². The van der Waals surface area contributed by atoms with E-state index in [0.29, 0.717) is 35.9 Å². The molecule has 0 spiro atoms. The normalized spacial score (nSPS) is 17.8. The predicted octanol–water partition coefficient (Wildman–Crippen LogP) is 2.61. The van der Waals surface area contributed by atoms with Gasteiger partial charge in [-0.05, 0) is 32.8 Å². The van der Waals surface area contributed by atoms with E-state index >= 15 is 0 Å². The second-order valence-corrected chi connectivity index (χ2v) is 5.98. The molecule has 1 aliphatic rings. The number of benzene rings is 1. The standard InChI is InChI=1S/C16H18N4O4/c1-10-13(6-3-7-14(10)20(22)23)16(21)19-8-4-5-12(9-19)15-17-11(2)18-24-15/h3,6-7,12H,4-5,8-9H2,1-2H3/t12-/m0/s1. The van der Waals surface area contributed by atoms with E-state index in [0.717, 1.165) is 12.8 Å². The Hall–Kier alpha value is -2.77. The zero-order valence-corrected chi connectivity index (χ0v) is 13.6. The van der Waals surface area contributed by atoms with Gasteiger partial charge in [0.05, 0.1) is 10.8 Å². The third kappa shape index (κ3) is 2.99. The lowest BCUT2D eigenvalue weighted by Crippen LogP contribution is -2.39. The molecule has 3 rings (SSSR count). The molecule has 0 unspecified atom stereocenters. The summed E-state index contributed by atoms with van der Waals surface area (Å²) in [4.78, 5) is 29.4. The number of rotatable bonds is 3. The molecule has 2 heterocycles. The van der Waals surface area contributed by atoms with Gasteiger partial charge >= 0.3 is 0 Å². The lowest BCUT2D eigenvalue weighted by atomic mass is 9.96. The van der Waals surface area contributed by atoms with Crippen molar-refractivity contribution in [2.45, 2.75) is 32.6 Å². The highest BCUT2D eigenvalue weighted by molar-refractivity contribution is 5.96. The van der Waals surface area contributed by atoms with E-state index in [9.17, 15) is 14.9 Å². The molecular weight excluding hydrogens is 312 g/mol. The molecule has 0 aliphatic carbocycles. The highest BCUT2D eigenvalue weighted by atomic mass is 16.6. The van der Waals surface area contributed by atoms with Gasteiger partial charge in [0.15, 0.2) is 5.82 Å². The minimum absolute atomic E-state index is 0.00269. The van der Waals surface area contributed by atoms with Gasteiger partial charge in [0.25, 0.3) is 11.6 Å². The number of nitro benzene ring substituents is 1. The molecule has 1 aromatic heterocycles. The Morgan fingerprint density at radius 1 is 1.42 bits per heavy atom. The maximum atomic E-state index is 12.8. The maximum Gasteiger partial charge on any atom is 0.273 e. The zero-order chi connectivity index (χ0) is 17.3. The van der Waals surface area contributed by atoms with Crippen LogP contribution in [0.25, 0.3) is 0 Å². The molecule has 0 saturated carbocycles. The van der Waals surface area contributed by atoms with Gasteiger partial charge < -0.3 is 9.42 Å². The fourth-order valence-electron chi connectivity index (χ4n) is 3.07. The molecule has 24 heavy (non-hydrogen) atoms. The van der Waals surface area contributed by atoms with E-state index < -0.39 is 4.92 Å². The molecular formula is C16H18N4O4. The number of nitrogens with zero attached hydrogens (tertiary/aromatic N) is 4. The van der Waals surface area contributed by atoms with E-state index in [4.69, 9.17) is 4.52 Å². The summed E-state index contributed by atoms with van der Waals surface area (Å²) in [5, 5.41) is 14.9. The van der Waals surface area contributed by atoms with Crippen molar-refractivity contribution < 1.29 is 14.2 Å². The number of carbonyl (C=O) groups is 1. The Balaban J connectivity index is 1.82. The quantitative estimate of drug-likeness (QED) is 0.633. The zero-order valence-electron chi connectivity index (χ0n) is 13.6. The van der Waals surface area contributed by atoms with Crippen LogP contribution < -0.4 is 0 Å². The molecule has 1 amide bonds. The number of likely N-dealkylation sites (tertiary alicyclic amines) is 1. The van der Waals surface area contributed by atoms with Crippen molar-refractivity contribution in [3.05, 3.63) is 51.2 Å². The smallest absolute Gasteiger partial charge is 0.273 e. The Bertz CT molecular complexity index is 786. The summed E-state index contributed by atoms with van der Waals surface area (Å²) in [6.07, 6.45) is 1.70. The third-order valence-corrected chi connectivity index (χ3v) is 4.33. The van der Waals surface area contributed by atoms with Crippen molar-refractivity contribution in [1.82, 2.24) is 15.0 Å². The summed E-state index contributed by atoms with van der Waals surface area (Å²) in [7, 11) is 0. The van der Waals surface area contributed by atoms with Crippen LogP contribution in [-0.2, 0) is 0 Å². The monoisotopic (exact) mass is 330 g/mol. The van der Waals surface area contributed by atoms with Crippen LogP contribution in [0.4, 0.5) is 5.69 Å². The van der Waals surface area contributed by atoms with E-state index in [1.54, 1.807) is 30.9 Å². The van der Waals surface area contributed by atoms with Gasteiger partial charge in [-0.2, -0.15) is 4.98 Å². The minimum Gasteiger partial charge on any atom is -0.339 e. The molecule has 1 aliphatic heterocycles. The fourth-order valence-corrected chi connectivity index (χ4v) is 3.07. The van der Waals surface area contributed by atoms with Crippen LogP contribution in [0, 0.1) is 24.0 Å². The van der Waals surface area contributed by atoms with Crippen LogP contribution >= 0.6 is 0 Å². The van der Waals surface area contributed by atoms with E-state index in [-0.39, 0.29) is 17.5 Å². The van der Waals surface area contributed by atoms with Gasteiger partial charge in [-0.3, -0.25) is 14.9 Å². The summed E-state index contributed by atoms with van der Waals surface area (Å²) in [5.41, 5.74) is 0.719. The van der Waals surface area contributed by atoms with Crippen molar-refractivity contribution in [3.63, 3.8) is 0 Å². The van der Waals surface area contributed by atoms with Crippen LogP contribution in [0.1, 0.15) is 46.4 Å². The first-order valence-corrected chi connectivity index (χ1v) is 7.81. The predicted molar refractivity (Wildman–Crippen MR) is 84.7 cm³/mol. The van der Waals surface area contributed by atoms with Gasteiger partial charge in [0.2, 0.25) is 5.89 Å². The van der Waals surface area contributed by atoms with Crippen molar-refractivity contribution >= 4 is 11.6 Å². The summed E-state index contributed by atoms with van der Waals surface area (Å²) < 4.78 is 5.22. The first-order valence-electron chi connectivity index (χ1n) is 7.81. The Morgan fingerprint density at radius 2 is 2.21 bits per heavy atom. The molecule has 1 aromatic carbocycles. The summed E-state index contributed by atoms with van der Waals surface area (Å²) in [5.74, 6) is 0.920. The average Bonchev–Trinajstić information content (AvgIpc) is 3.01. The number of aromatic nitrogens is 2. The van der Waals surface area contributed by atoms with Crippen LogP contribution in [0.15, 0.2) is 22.7 Å². The molecule has 0 N–H and O–H groups in total. The largest absolute Gasteiger partial charge is 0.339 e. The fraction of sp³-hybridized carbons (Fsp3) is 0.438. The molecule has 0 bridgehead atoms. The first-order chi connectivity index (χ1) is 11.5. The number of piperidine rings is 1. The molecule has 1 atom stereocenters. The average molecular weight is 330 g/mol. The molecule has 8 nitrogen and oxygen atoms in total. The number of hydrogen-bond donors (Lipinski definition) is 0. The molecule has 2 aromatic rings.